The van der Waals surface area contributed by atoms with Crippen LogP contribution in [0.4, 0.5) is 5.69 Å². The van der Waals surface area contributed by atoms with E-state index in [0.717, 1.165) is 5.56 Å². The van der Waals surface area contributed by atoms with Gasteiger partial charge >= 0.3 is 0 Å². The van der Waals surface area contributed by atoms with Crippen molar-refractivity contribution in [3.8, 4) is 0 Å². The van der Waals surface area contributed by atoms with Gasteiger partial charge in [-0.3, -0.25) is 9.59 Å². The molecule has 0 atom stereocenters. The van der Waals surface area contributed by atoms with Gasteiger partial charge in [0.15, 0.2) is 0 Å². The minimum atomic E-state index is -0.301. The van der Waals surface area contributed by atoms with Gasteiger partial charge in [-0.1, -0.05) is 17.7 Å². The molecule has 0 aliphatic carbocycles. The Balaban J connectivity index is 2.16. The van der Waals surface area contributed by atoms with Gasteiger partial charge in [0.25, 0.3) is 5.91 Å². The van der Waals surface area contributed by atoms with Crippen LogP contribution in [0.5, 0.6) is 0 Å². The number of benzene rings is 1. The zero-order valence-electron chi connectivity index (χ0n) is 10.7. The molecule has 1 aromatic carbocycles. The number of anilines is 1. The molecule has 6 heteroatoms. The molecule has 2 rings (SSSR count). The molecule has 0 saturated carbocycles. The van der Waals surface area contributed by atoms with E-state index in [1.165, 1.54) is 5.01 Å². The molecule has 0 fully saturated rings. The van der Waals surface area contributed by atoms with E-state index < -0.39 is 0 Å². The van der Waals surface area contributed by atoms with Crippen molar-refractivity contribution in [1.82, 2.24) is 5.01 Å². The van der Waals surface area contributed by atoms with Crippen LogP contribution in [0.3, 0.4) is 0 Å². The summed E-state index contributed by atoms with van der Waals surface area (Å²) < 4.78 is 0. The lowest BCUT2D eigenvalue weighted by atomic mass is 10.1. The van der Waals surface area contributed by atoms with Crippen LogP contribution in [-0.4, -0.2) is 29.6 Å². The first-order valence-corrected chi connectivity index (χ1v) is 6.27. The van der Waals surface area contributed by atoms with E-state index in [-0.39, 0.29) is 11.8 Å². The second-order valence-corrected chi connectivity index (χ2v) is 4.74. The Morgan fingerprint density at radius 1 is 1.42 bits per heavy atom. The van der Waals surface area contributed by atoms with Gasteiger partial charge in [-0.2, -0.15) is 5.10 Å². The molecule has 5 nitrogen and oxygen atoms in total. The van der Waals surface area contributed by atoms with Gasteiger partial charge in [0, 0.05) is 30.6 Å². The van der Waals surface area contributed by atoms with Gasteiger partial charge in [-0.15, -0.1) is 0 Å². The SMILES string of the molecule is Cc1c(Cl)cccc1NC(=O)C1=NN(C)C(=O)CC1. The van der Waals surface area contributed by atoms with Crippen molar-refractivity contribution in [1.29, 1.82) is 0 Å². The molecular formula is C13H14ClN3O2. The Labute approximate surface area is 116 Å². The Bertz CT molecular complexity index is 569. The molecule has 2 amide bonds. The predicted molar refractivity (Wildman–Crippen MR) is 74.3 cm³/mol. The first kappa shape index (κ1) is 13.5. The molecule has 0 saturated heterocycles. The van der Waals surface area contributed by atoms with Gasteiger partial charge < -0.3 is 5.32 Å². The van der Waals surface area contributed by atoms with E-state index in [2.05, 4.69) is 10.4 Å². The number of halogens is 1. The largest absolute Gasteiger partial charge is 0.321 e. The molecule has 0 bridgehead atoms. The van der Waals surface area contributed by atoms with Crippen LogP contribution in [0.2, 0.25) is 5.02 Å². The molecule has 0 spiro atoms. The fraction of sp³-hybridized carbons (Fsp3) is 0.308. The summed E-state index contributed by atoms with van der Waals surface area (Å²) in [7, 11) is 1.54. The highest BCUT2D eigenvalue weighted by molar-refractivity contribution is 6.43. The highest BCUT2D eigenvalue weighted by Gasteiger charge is 2.22. The first-order valence-electron chi connectivity index (χ1n) is 5.89. The molecule has 1 aliphatic rings. The van der Waals surface area contributed by atoms with E-state index >= 15 is 0 Å². The van der Waals surface area contributed by atoms with E-state index in [4.69, 9.17) is 11.6 Å². The Kier molecular flexibility index (Phi) is 3.85. The molecule has 0 unspecified atom stereocenters. The third-order valence-electron chi connectivity index (χ3n) is 2.99. The van der Waals surface area contributed by atoms with Gasteiger partial charge in [-0.25, -0.2) is 5.01 Å². The maximum absolute atomic E-state index is 12.1. The van der Waals surface area contributed by atoms with E-state index in [0.29, 0.717) is 29.3 Å². The predicted octanol–water partition coefficient (Wildman–Crippen LogP) is 2.20. The zero-order valence-corrected chi connectivity index (χ0v) is 11.5. The molecular weight excluding hydrogens is 266 g/mol. The van der Waals surface area contributed by atoms with Crippen LogP contribution in [0.1, 0.15) is 18.4 Å². The van der Waals surface area contributed by atoms with Crippen molar-refractivity contribution in [3.63, 3.8) is 0 Å². The maximum Gasteiger partial charge on any atom is 0.271 e. The molecule has 0 radical (unpaired) electrons. The number of hydrazone groups is 1. The lowest BCUT2D eigenvalue weighted by Gasteiger charge is -2.19. The van der Waals surface area contributed by atoms with Crippen LogP contribution < -0.4 is 5.32 Å². The summed E-state index contributed by atoms with van der Waals surface area (Å²) in [6, 6.07) is 5.30. The van der Waals surface area contributed by atoms with Crippen LogP contribution in [0.25, 0.3) is 0 Å². The minimum Gasteiger partial charge on any atom is -0.321 e. The van der Waals surface area contributed by atoms with Gasteiger partial charge in [0.1, 0.15) is 5.71 Å². The summed E-state index contributed by atoms with van der Waals surface area (Å²) in [4.78, 5) is 23.3. The molecule has 100 valence electrons. The van der Waals surface area contributed by atoms with E-state index in [1.807, 2.05) is 6.92 Å². The number of hydrogen-bond donors (Lipinski definition) is 1. The highest BCUT2D eigenvalue weighted by atomic mass is 35.5. The number of hydrogen-bond acceptors (Lipinski definition) is 3. The number of carbonyl (C=O) groups is 2. The molecule has 1 aliphatic heterocycles. The summed E-state index contributed by atoms with van der Waals surface area (Å²) in [6.07, 6.45) is 0.659. The molecule has 1 N–H and O–H groups in total. The number of nitrogens with one attached hydrogen (secondary N) is 1. The average molecular weight is 280 g/mol. The average Bonchev–Trinajstić information content (AvgIpc) is 2.38. The van der Waals surface area contributed by atoms with Crippen LogP contribution >= 0.6 is 11.6 Å². The van der Waals surface area contributed by atoms with Crippen LogP contribution in [-0.2, 0) is 9.59 Å². The summed E-state index contributed by atoms with van der Waals surface area (Å²) in [5.74, 6) is -0.389. The number of rotatable bonds is 2. The fourth-order valence-electron chi connectivity index (χ4n) is 1.77. The normalized spacial score (nSPS) is 15.2. The third-order valence-corrected chi connectivity index (χ3v) is 3.39. The maximum atomic E-state index is 12.1. The second-order valence-electron chi connectivity index (χ2n) is 4.33. The van der Waals surface area contributed by atoms with E-state index in [1.54, 1.807) is 25.2 Å². The minimum absolute atomic E-state index is 0.0875. The van der Waals surface area contributed by atoms with Crippen LogP contribution in [0, 0.1) is 6.92 Å². The smallest absolute Gasteiger partial charge is 0.271 e. The molecule has 19 heavy (non-hydrogen) atoms. The van der Waals surface area contributed by atoms with Crippen molar-refractivity contribution in [2.24, 2.45) is 5.10 Å². The van der Waals surface area contributed by atoms with Gasteiger partial charge in [-0.05, 0) is 24.6 Å². The lowest BCUT2D eigenvalue weighted by molar-refractivity contribution is -0.130. The monoisotopic (exact) mass is 279 g/mol. The zero-order chi connectivity index (χ0) is 14.0. The first-order chi connectivity index (χ1) is 8.99. The quantitative estimate of drug-likeness (QED) is 0.902. The van der Waals surface area contributed by atoms with Crippen molar-refractivity contribution in [3.05, 3.63) is 28.8 Å². The molecule has 1 heterocycles. The Hall–Kier alpha value is -1.88. The third kappa shape index (κ3) is 2.93. The fourth-order valence-corrected chi connectivity index (χ4v) is 1.94. The highest BCUT2D eigenvalue weighted by Crippen LogP contribution is 2.23. The number of amides is 2. The summed E-state index contributed by atoms with van der Waals surface area (Å²) >= 11 is 5.99. The Morgan fingerprint density at radius 2 is 2.16 bits per heavy atom. The van der Waals surface area contributed by atoms with Gasteiger partial charge in [0.05, 0.1) is 0 Å². The lowest BCUT2D eigenvalue weighted by Crippen LogP contribution is -2.34. The van der Waals surface area contributed by atoms with Crippen molar-refractivity contribution in [2.75, 3.05) is 12.4 Å². The summed E-state index contributed by atoms with van der Waals surface area (Å²) in [6.45, 7) is 1.83. The van der Waals surface area contributed by atoms with Crippen molar-refractivity contribution < 1.29 is 9.59 Å². The second kappa shape index (κ2) is 5.40. The topological polar surface area (TPSA) is 61.8 Å². The van der Waals surface area contributed by atoms with Crippen molar-refractivity contribution >= 4 is 34.8 Å². The van der Waals surface area contributed by atoms with Gasteiger partial charge in [0.2, 0.25) is 5.91 Å². The van der Waals surface area contributed by atoms with Crippen LogP contribution in [0.15, 0.2) is 23.3 Å². The number of nitrogens with zero attached hydrogens (tertiary/aromatic N) is 2. The number of carbonyl (C=O) groups excluding carboxylic acids is 2. The molecule has 1 aromatic rings. The van der Waals surface area contributed by atoms with Crippen molar-refractivity contribution in [2.45, 2.75) is 19.8 Å². The summed E-state index contributed by atoms with van der Waals surface area (Å²) in [5.41, 5.74) is 1.81. The molecule has 0 aromatic heterocycles. The standard InChI is InChI=1S/C13H14ClN3O2/c1-8-9(14)4-3-5-10(8)15-13(19)11-6-7-12(18)17(2)16-11/h3-5H,6-7H2,1-2H3,(H,15,19). The summed E-state index contributed by atoms with van der Waals surface area (Å²) in [5, 5.41) is 8.52. The van der Waals surface area contributed by atoms with E-state index in [9.17, 15) is 9.59 Å². The Morgan fingerprint density at radius 3 is 2.84 bits per heavy atom.